The van der Waals surface area contributed by atoms with Crippen molar-refractivity contribution in [1.82, 2.24) is 0 Å². The summed E-state index contributed by atoms with van der Waals surface area (Å²) in [6, 6.07) is 2.27. The zero-order chi connectivity index (χ0) is 8.36. The molecule has 0 amide bonds. The summed E-state index contributed by atoms with van der Waals surface area (Å²) in [5.74, 6) is 0.662. The molecule has 57 valence electrons. The smallest absolute Gasteiger partial charge is 0.0695 e. The van der Waals surface area contributed by atoms with Gasteiger partial charge in [-0.15, -0.1) is 0 Å². The van der Waals surface area contributed by atoms with Gasteiger partial charge in [-0.2, -0.15) is 5.26 Å². The fraction of sp³-hybridized carbons (Fsp3) is 0.778. The van der Waals surface area contributed by atoms with Crippen molar-refractivity contribution < 1.29 is 0 Å². The number of hydrogen-bond donors (Lipinski definition) is 0. The summed E-state index contributed by atoms with van der Waals surface area (Å²) in [5.41, 5.74) is -0.403. The Labute approximate surface area is 64.1 Å². The molecule has 1 nitrogen and oxygen atoms in total. The molecule has 0 spiro atoms. The Bertz CT molecular complexity index is 131. The lowest BCUT2D eigenvalue weighted by atomic mass is 9.72. The molecule has 0 aromatic rings. The Balaban J connectivity index is 4.43. The average Bonchev–Trinajstić information content (AvgIpc) is 1.85. The third-order valence-corrected chi connectivity index (χ3v) is 2.27. The van der Waals surface area contributed by atoms with Gasteiger partial charge in [-0.05, 0) is 18.8 Å². The first-order valence-corrected chi connectivity index (χ1v) is 3.71. The predicted molar refractivity (Wildman–Crippen MR) is 43.1 cm³/mol. The summed E-state index contributed by atoms with van der Waals surface area (Å²) in [4.78, 5) is 0. The van der Waals surface area contributed by atoms with Crippen LogP contribution in [-0.4, -0.2) is 0 Å². The molecule has 0 aliphatic rings. The molecule has 0 aromatic carbocycles. The average molecular weight is 138 g/mol. The maximum absolute atomic E-state index is 8.81. The van der Waals surface area contributed by atoms with Gasteiger partial charge in [0.15, 0.2) is 0 Å². The van der Waals surface area contributed by atoms with Gasteiger partial charge in [0, 0.05) is 0 Å². The van der Waals surface area contributed by atoms with Gasteiger partial charge in [-0.25, -0.2) is 0 Å². The third-order valence-electron chi connectivity index (χ3n) is 2.27. The first-order valence-electron chi connectivity index (χ1n) is 3.71. The molecule has 10 heavy (non-hydrogen) atoms. The topological polar surface area (TPSA) is 23.8 Å². The van der Waals surface area contributed by atoms with Crippen LogP contribution in [0.3, 0.4) is 0 Å². The van der Waals surface area contributed by atoms with Crippen molar-refractivity contribution in [3.63, 3.8) is 0 Å². The highest BCUT2D eigenvalue weighted by Gasteiger charge is 2.31. The summed E-state index contributed by atoms with van der Waals surface area (Å²) in [6.45, 7) is 12.1. The van der Waals surface area contributed by atoms with Crippen molar-refractivity contribution in [3.8, 4) is 6.07 Å². The van der Waals surface area contributed by atoms with Crippen molar-refractivity contribution in [2.75, 3.05) is 0 Å². The van der Waals surface area contributed by atoms with Gasteiger partial charge in [-0.3, -0.25) is 0 Å². The Morgan fingerprint density at radius 2 is 1.50 bits per heavy atom. The van der Waals surface area contributed by atoms with E-state index in [1.54, 1.807) is 0 Å². The SMILES string of the molecule is [CH2]C(C#N)(C(C)C)C(C)C. The molecule has 1 heteroatoms. The van der Waals surface area contributed by atoms with E-state index in [2.05, 4.69) is 13.0 Å². The summed E-state index contributed by atoms with van der Waals surface area (Å²) in [6.07, 6.45) is 0. The van der Waals surface area contributed by atoms with Crippen LogP contribution in [0.5, 0.6) is 0 Å². The first kappa shape index (κ1) is 9.49. The van der Waals surface area contributed by atoms with E-state index in [1.165, 1.54) is 0 Å². The number of hydrogen-bond acceptors (Lipinski definition) is 1. The Kier molecular flexibility index (Phi) is 2.90. The molecular weight excluding hydrogens is 122 g/mol. The van der Waals surface area contributed by atoms with Gasteiger partial charge in [0.1, 0.15) is 0 Å². The van der Waals surface area contributed by atoms with Crippen molar-refractivity contribution >= 4 is 0 Å². The highest BCUT2D eigenvalue weighted by molar-refractivity contribution is 5.04. The van der Waals surface area contributed by atoms with Gasteiger partial charge in [0.2, 0.25) is 0 Å². The molecule has 0 aliphatic carbocycles. The summed E-state index contributed by atoms with van der Waals surface area (Å²) in [5, 5.41) is 8.81. The molecule has 0 aromatic heterocycles. The van der Waals surface area contributed by atoms with Crippen LogP contribution in [0.25, 0.3) is 0 Å². The van der Waals surface area contributed by atoms with Crippen LogP contribution >= 0.6 is 0 Å². The Morgan fingerprint density at radius 1 is 1.20 bits per heavy atom. The highest BCUT2D eigenvalue weighted by Crippen LogP contribution is 2.33. The van der Waals surface area contributed by atoms with E-state index in [0.717, 1.165) is 0 Å². The van der Waals surface area contributed by atoms with Crippen LogP contribution in [0.1, 0.15) is 27.7 Å². The van der Waals surface area contributed by atoms with E-state index in [0.29, 0.717) is 11.8 Å². The lowest BCUT2D eigenvalue weighted by Crippen LogP contribution is -2.27. The lowest BCUT2D eigenvalue weighted by molar-refractivity contribution is 0.255. The molecule has 0 fully saturated rings. The first-order chi connectivity index (χ1) is 4.45. The predicted octanol–water partition coefficient (Wildman–Crippen LogP) is 2.64. The molecule has 1 radical (unpaired) electrons. The van der Waals surface area contributed by atoms with Gasteiger partial charge in [-0.1, -0.05) is 27.7 Å². The fourth-order valence-electron chi connectivity index (χ4n) is 0.925. The zero-order valence-corrected chi connectivity index (χ0v) is 7.31. The van der Waals surface area contributed by atoms with E-state index in [9.17, 15) is 0 Å². The van der Waals surface area contributed by atoms with Gasteiger partial charge >= 0.3 is 0 Å². The molecular formula is C9H16N. The molecule has 0 rings (SSSR count). The molecule has 0 saturated heterocycles. The number of rotatable bonds is 2. The summed E-state index contributed by atoms with van der Waals surface area (Å²) in [7, 11) is 0. The second-order valence-corrected chi connectivity index (χ2v) is 3.46. The fourth-order valence-corrected chi connectivity index (χ4v) is 0.925. The van der Waals surface area contributed by atoms with Crippen LogP contribution in [0, 0.1) is 35.5 Å². The van der Waals surface area contributed by atoms with E-state index in [1.807, 2.05) is 27.7 Å². The van der Waals surface area contributed by atoms with E-state index < -0.39 is 5.41 Å². The van der Waals surface area contributed by atoms with E-state index in [-0.39, 0.29) is 0 Å². The van der Waals surface area contributed by atoms with Gasteiger partial charge in [0.25, 0.3) is 0 Å². The summed E-state index contributed by atoms with van der Waals surface area (Å²) >= 11 is 0. The molecule has 0 heterocycles. The van der Waals surface area contributed by atoms with E-state index in [4.69, 9.17) is 5.26 Å². The Morgan fingerprint density at radius 3 is 1.50 bits per heavy atom. The molecule has 0 atom stereocenters. The molecule has 0 N–H and O–H groups in total. The quantitative estimate of drug-likeness (QED) is 0.575. The van der Waals surface area contributed by atoms with Crippen LogP contribution in [0.4, 0.5) is 0 Å². The van der Waals surface area contributed by atoms with Crippen LogP contribution in [0.2, 0.25) is 0 Å². The minimum absolute atomic E-state index is 0.331. The largest absolute Gasteiger partial charge is 0.198 e. The Hall–Kier alpha value is -0.510. The second-order valence-electron chi connectivity index (χ2n) is 3.46. The maximum atomic E-state index is 8.81. The van der Waals surface area contributed by atoms with Crippen LogP contribution in [0.15, 0.2) is 0 Å². The highest BCUT2D eigenvalue weighted by atomic mass is 14.4. The number of nitriles is 1. The van der Waals surface area contributed by atoms with Gasteiger partial charge in [0.05, 0.1) is 11.5 Å². The number of nitrogens with zero attached hydrogens (tertiary/aromatic N) is 1. The van der Waals surface area contributed by atoms with Crippen LogP contribution in [-0.2, 0) is 0 Å². The standard InChI is InChI=1S/C9H16N/c1-7(2)9(5,6-10)8(3)4/h7-8H,5H2,1-4H3. The molecule has 0 bridgehead atoms. The minimum atomic E-state index is -0.403. The normalized spacial score (nSPS) is 12.2. The van der Waals surface area contributed by atoms with Crippen LogP contribution < -0.4 is 0 Å². The maximum Gasteiger partial charge on any atom is 0.0695 e. The van der Waals surface area contributed by atoms with E-state index >= 15 is 0 Å². The molecule has 0 saturated carbocycles. The molecule has 0 unspecified atom stereocenters. The van der Waals surface area contributed by atoms with Crippen molar-refractivity contribution in [2.24, 2.45) is 17.3 Å². The summed E-state index contributed by atoms with van der Waals surface area (Å²) < 4.78 is 0. The minimum Gasteiger partial charge on any atom is -0.198 e. The van der Waals surface area contributed by atoms with Gasteiger partial charge < -0.3 is 0 Å². The lowest BCUT2D eigenvalue weighted by Gasteiger charge is -2.29. The molecule has 0 aliphatic heterocycles. The van der Waals surface area contributed by atoms with Crippen molar-refractivity contribution in [3.05, 3.63) is 6.92 Å². The third kappa shape index (κ3) is 1.50. The van der Waals surface area contributed by atoms with Crippen molar-refractivity contribution in [2.45, 2.75) is 27.7 Å². The van der Waals surface area contributed by atoms with Crippen molar-refractivity contribution in [1.29, 1.82) is 5.26 Å². The zero-order valence-electron chi connectivity index (χ0n) is 7.31. The second kappa shape index (κ2) is 3.05. The monoisotopic (exact) mass is 138 g/mol.